The molecule has 0 bridgehead atoms. The van der Waals surface area contributed by atoms with Crippen LogP contribution in [0.25, 0.3) is 0 Å². The zero-order valence-electron chi connectivity index (χ0n) is 10.1. The minimum absolute atomic E-state index is 0.0983. The van der Waals surface area contributed by atoms with Crippen LogP contribution in [-0.2, 0) is 4.79 Å². The van der Waals surface area contributed by atoms with Gasteiger partial charge in [-0.15, -0.1) is 0 Å². The number of amides is 1. The van der Waals surface area contributed by atoms with Crippen LogP contribution in [0.5, 0.6) is 0 Å². The third-order valence-electron chi connectivity index (χ3n) is 3.10. The topological polar surface area (TPSA) is 32.3 Å². The molecule has 0 aromatic rings. The first-order valence-electron chi connectivity index (χ1n) is 6.24. The van der Waals surface area contributed by atoms with Crippen LogP contribution in [0, 0.1) is 0 Å². The van der Waals surface area contributed by atoms with Crippen molar-refractivity contribution in [2.45, 2.75) is 51.5 Å². The van der Waals surface area contributed by atoms with Crippen molar-refractivity contribution >= 4 is 5.91 Å². The third kappa shape index (κ3) is 4.20. The summed E-state index contributed by atoms with van der Waals surface area (Å²) in [6, 6.07) is 0.0983. The Hall–Kier alpha value is -0.570. The fourth-order valence-corrected chi connectivity index (χ4v) is 2.02. The Morgan fingerprint density at radius 1 is 1.33 bits per heavy atom. The highest BCUT2D eigenvalue weighted by Crippen LogP contribution is 2.08. The SMILES string of the molecule is CCCCCCCNC1CCN(C)C1=O. The summed E-state index contributed by atoms with van der Waals surface area (Å²) in [6.07, 6.45) is 7.43. The minimum atomic E-state index is 0.0983. The van der Waals surface area contributed by atoms with Crippen LogP contribution in [0.3, 0.4) is 0 Å². The lowest BCUT2D eigenvalue weighted by molar-refractivity contribution is -0.128. The number of carbonyl (C=O) groups is 1. The maximum absolute atomic E-state index is 11.5. The predicted octanol–water partition coefficient (Wildman–Crippen LogP) is 1.78. The van der Waals surface area contributed by atoms with Gasteiger partial charge in [-0.05, 0) is 19.4 Å². The molecule has 1 heterocycles. The molecule has 1 fully saturated rings. The molecule has 1 aliphatic rings. The van der Waals surface area contributed by atoms with Crippen LogP contribution in [0.2, 0.25) is 0 Å². The van der Waals surface area contributed by atoms with Crippen LogP contribution < -0.4 is 5.32 Å². The van der Waals surface area contributed by atoms with Gasteiger partial charge in [-0.1, -0.05) is 32.6 Å². The van der Waals surface area contributed by atoms with Crippen molar-refractivity contribution in [1.29, 1.82) is 0 Å². The van der Waals surface area contributed by atoms with Crippen LogP contribution in [0.15, 0.2) is 0 Å². The lowest BCUT2D eigenvalue weighted by Crippen LogP contribution is -2.37. The highest BCUT2D eigenvalue weighted by atomic mass is 16.2. The second kappa shape index (κ2) is 6.83. The maximum atomic E-state index is 11.5. The average Bonchev–Trinajstić information content (AvgIpc) is 2.54. The molecule has 1 aliphatic heterocycles. The second-order valence-corrected chi connectivity index (χ2v) is 4.47. The van der Waals surface area contributed by atoms with Gasteiger partial charge in [0.05, 0.1) is 6.04 Å². The number of likely N-dealkylation sites (tertiary alicyclic amines) is 1. The van der Waals surface area contributed by atoms with E-state index in [1.165, 1.54) is 32.1 Å². The van der Waals surface area contributed by atoms with Crippen molar-refractivity contribution in [3.05, 3.63) is 0 Å². The first-order chi connectivity index (χ1) is 7.25. The minimum Gasteiger partial charge on any atom is -0.344 e. The molecule has 0 radical (unpaired) electrons. The van der Waals surface area contributed by atoms with Gasteiger partial charge in [0.15, 0.2) is 0 Å². The van der Waals surface area contributed by atoms with E-state index in [1.807, 2.05) is 11.9 Å². The molecule has 0 aliphatic carbocycles. The summed E-state index contributed by atoms with van der Waals surface area (Å²) in [6.45, 7) is 4.13. The van der Waals surface area contributed by atoms with Crippen LogP contribution in [0.4, 0.5) is 0 Å². The van der Waals surface area contributed by atoms with Gasteiger partial charge >= 0.3 is 0 Å². The largest absolute Gasteiger partial charge is 0.344 e. The fraction of sp³-hybridized carbons (Fsp3) is 0.917. The number of carbonyl (C=O) groups excluding carboxylic acids is 1. The van der Waals surface area contributed by atoms with E-state index in [4.69, 9.17) is 0 Å². The summed E-state index contributed by atoms with van der Waals surface area (Å²) in [5, 5.41) is 3.35. The van der Waals surface area contributed by atoms with E-state index in [2.05, 4.69) is 12.2 Å². The van der Waals surface area contributed by atoms with Crippen molar-refractivity contribution in [2.75, 3.05) is 20.1 Å². The van der Waals surface area contributed by atoms with Gasteiger partial charge in [0.1, 0.15) is 0 Å². The van der Waals surface area contributed by atoms with E-state index in [0.717, 1.165) is 19.5 Å². The van der Waals surface area contributed by atoms with Gasteiger partial charge in [0.25, 0.3) is 0 Å². The molecule has 1 atom stereocenters. The van der Waals surface area contributed by atoms with E-state index < -0.39 is 0 Å². The molecule has 1 saturated heterocycles. The summed E-state index contributed by atoms with van der Waals surface area (Å²) in [5.41, 5.74) is 0. The molecule has 0 aromatic heterocycles. The van der Waals surface area contributed by atoms with E-state index in [-0.39, 0.29) is 11.9 Å². The lowest BCUT2D eigenvalue weighted by atomic mass is 10.1. The molecule has 1 unspecified atom stereocenters. The molecule has 0 spiro atoms. The summed E-state index contributed by atoms with van der Waals surface area (Å²) < 4.78 is 0. The number of hydrogen-bond acceptors (Lipinski definition) is 2. The van der Waals surface area contributed by atoms with Crippen molar-refractivity contribution in [3.8, 4) is 0 Å². The lowest BCUT2D eigenvalue weighted by Gasteiger charge is -2.11. The monoisotopic (exact) mass is 212 g/mol. The third-order valence-corrected chi connectivity index (χ3v) is 3.10. The highest BCUT2D eigenvalue weighted by Gasteiger charge is 2.27. The Morgan fingerprint density at radius 3 is 2.67 bits per heavy atom. The van der Waals surface area contributed by atoms with Crippen molar-refractivity contribution in [2.24, 2.45) is 0 Å². The molecule has 88 valence electrons. The van der Waals surface area contributed by atoms with E-state index in [1.54, 1.807) is 0 Å². The molecule has 0 saturated carbocycles. The Labute approximate surface area is 93.2 Å². The number of nitrogens with zero attached hydrogens (tertiary/aromatic N) is 1. The van der Waals surface area contributed by atoms with Gasteiger partial charge in [0, 0.05) is 13.6 Å². The molecule has 1 amide bonds. The van der Waals surface area contributed by atoms with Crippen LogP contribution >= 0.6 is 0 Å². The van der Waals surface area contributed by atoms with E-state index >= 15 is 0 Å². The zero-order chi connectivity index (χ0) is 11.1. The van der Waals surface area contributed by atoms with Gasteiger partial charge in [-0.2, -0.15) is 0 Å². The highest BCUT2D eigenvalue weighted by molar-refractivity contribution is 5.83. The first-order valence-corrected chi connectivity index (χ1v) is 6.24. The molecule has 3 nitrogen and oxygen atoms in total. The maximum Gasteiger partial charge on any atom is 0.239 e. The second-order valence-electron chi connectivity index (χ2n) is 4.47. The van der Waals surface area contributed by atoms with Crippen molar-refractivity contribution in [1.82, 2.24) is 10.2 Å². The van der Waals surface area contributed by atoms with Crippen LogP contribution in [-0.4, -0.2) is 37.0 Å². The smallest absolute Gasteiger partial charge is 0.239 e. The number of likely N-dealkylation sites (N-methyl/N-ethyl adjacent to an activating group) is 1. The normalized spacial score (nSPS) is 21.3. The quantitative estimate of drug-likeness (QED) is 0.652. The van der Waals surface area contributed by atoms with Gasteiger partial charge in [-0.25, -0.2) is 0 Å². The predicted molar refractivity (Wildman–Crippen MR) is 62.8 cm³/mol. The van der Waals surface area contributed by atoms with E-state index in [9.17, 15) is 4.79 Å². The average molecular weight is 212 g/mol. The molecular weight excluding hydrogens is 188 g/mol. The Bertz CT molecular complexity index is 194. The summed E-state index contributed by atoms with van der Waals surface area (Å²) >= 11 is 0. The Kier molecular flexibility index (Phi) is 5.69. The first kappa shape index (κ1) is 12.5. The van der Waals surface area contributed by atoms with E-state index in [0.29, 0.717) is 0 Å². The zero-order valence-corrected chi connectivity index (χ0v) is 10.1. The van der Waals surface area contributed by atoms with Gasteiger partial charge in [-0.3, -0.25) is 4.79 Å². The summed E-state index contributed by atoms with van der Waals surface area (Å²) in [4.78, 5) is 13.3. The Morgan fingerprint density at radius 2 is 2.07 bits per heavy atom. The molecule has 3 heteroatoms. The Balaban J connectivity index is 1.98. The van der Waals surface area contributed by atoms with Gasteiger partial charge in [0.2, 0.25) is 5.91 Å². The summed E-state index contributed by atoms with van der Waals surface area (Å²) in [7, 11) is 1.88. The number of nitrogens with one attached hydrogen (secondary N) is 1. The molecule has 1 N–H and O–H groups in total. The number of unbranched alkanes of at least 4 members (excludes halogenated alkanes) is 4. The number of rotatable bonds is 7. The van der Waals surface area contributed by atoms with Crippen molar-refractivity contribution in [3.63, 3.8) is 0 Å². The molecule has 0 aromatic carbocycles. The number of hydrogen-bond donors (Lipinski definition) is 1. The van der Waals surface area contributed by atoms with Crippen LogP contribution in [0.1, 0.15) is 45.4 Å². The molecule has 1 rings (SSSR count). The molecule has 15 heavy (non-hydrogen) atoms. The van der Waals surface area contributed by atoms with Gasteiger partial charge < -0.3 is 10.2 Å². The summed E-state index contributed by atoms with van der Waals surface area (Å²) in [5.74, 6) is 0.267. The van der Waals surface area contributed by atoms with Crippen molar-refractivity contribution < 1.29 is 4.79 Å². The standard InChI is InChI=1S/C12H24N2O/c1-3-4-5-6-7-9-13-11-8-10-14(2)12(11)15/h11,13H,3-10H2,1-2H3. The fourth-order valence-electron chi connectivity index (χ4n) is 2.02. The molecular formula is C12H24N2O.